The van der Waals surface area contributed by atoms with Crippen LogP contribution in [0.25, 0.3) is 0 Å². The SMILES string of the molecule is O=C(c1cn[nH]c1[C@H]1CCOC1)N1CC[C@@H](N2CCCC2)C1. The number of hydrogen-bond acceptors (Lipinski definition) is 4. The minimum absolute atomic E-state index is 0.136. The number of aromatic nitrogens is 2. The number of likely N-dealkylation sites (tertiary alicyclic amines) is 2. The molecule has 0 spiro atoms. The topological polar surface area (TPSA) is 61.5 Å². The lowest BCUT2D eigenvalue weighted by molar-refractivity contribution is 0.0778. The summed E-state index contributed by atoms with van der Waals surface area (Å²) in [5, 5.41) is 7.15. The van der Waals surface area contributed by atoms with Crippen molar-refractivity contribution in [2.75, 3.05) is 39.4 Å². The van der Waals surface area contributed by atoms with Crippen LogP contribution in [0.5, 0.6) is 0 Å². The highest BCUT2D eigenvalue weighted by atomic mass is 16.5. The Morgan fingerprint density at radius 3 is 2.91 bits per heavy atom. The largest absolute Gasteiger partial charge is 0.381 e. The summed E-state index contributed by atoms with van der Waals surface area (Å²) in [6.45, 7) is 5.60. The van der Waals surface area contributed by atoms with Crippen LogP contribution in [0, 0.1) is 0 Å². The molecule has 3 aliphatic rings. The van der Waals surface area contributed by atoms with Crippen LogP contribution in [0.1, 0.15) is 47.7 Å². The minimum atomic E-state index is 0.136. The predicted octanol–water partition coefficient (Wildman–Crippen LogP) is 1.22. The summed E-state index contributed by atoms with van der Waals surface area (Å²) in [6.07, 6.45) is 6.37. The van der Waals surface area contributed by atoms with Crippen LogP contribution in [-0.2, 0) is 4.74 Å². The van der Waals surface area contributed by atoms with Crippen LogP contribution < -0.4 is 0 Å². The molecule has 3 saturated heterocycles. The molecule has 3 aliphatic heterocycles. The third-order valence-corrected chi connectivity index (χ3v) is 5.34. The Bertz CT molecular complexity index is 532. The Hall–Kier alpha value is -1.40. The number of amides is 1. The lowest BCUT2D eigenvalue weighted by Crippen LogP contribution is -2.37. The maximum atomic E-state index is 12.9. The van der Waals surface area contributed by atoms with Crippen molar-refractivity contribution in [2.24, 2.45) is 0 Å². The summed E-state index contributed by atoms with van der Waals surface area (Å²) in [4.78, 5) is 17.4. The number of H-pyrrole nitrogens is 1. The number of rotatable bonds is 3. The molecule has 0 aromatic carbocycles. The lowest BCUT2D eigenvalue weighted by atomic mass is 10.0. The molecule has 4 rings (SSSR count). The van der Waals surface area contributed by atoms with E-state index >= 15 is 0 Å². The molecule has 120 valence electrons. The summed E-state index contributed by atoms with van der Waals surface area (Å²) in [5.74, 6) is 0.427. The predicted molar refractivity (Wildman–Crippen MR) is 81.9 cm³/mol. The molecule has 0 aliphatic carbocycles. The normalized spacial score (nSPS) is 29.5. The van der Waals surface area contributed by atoms with E-state index < -0.39 is 0 Å². The van der Waals surface area contributed by atoms with Crippen molar-refractivity contribution in [3.05, 3.63) is 17.5 Å². The highest BCUT2D eigenvalue weighted by Crippen LogP contribution is 2.28. The third-order valence-electron chi connectivity index (χ3n) is 5.34. The molecule has 1 aromatic rings. The Labute approximate surface area is 130 Å². The zero-order valence-electron chi connectivity index (χ0n) is 13.0. The fourth-order valence-corrected chi connectivity index (χ4v) is 4.04. The number of carbonyl (C=O) groups is 1. The molecule has 2 atom stereocenters. The minimum Gasteiger partial charge on any atom is -0.381 e. The first-order valence-corrected chi connectivity index (χ1v) is 8.47. The van der Waals surface area contributed by atoms with Gasteiger partial charge < -0.3 is 9.64 Å². The van der Waals surface area contributed by atoms with E-state index in [-0.39, 0.29) is 5.91 Å². The van der Waals surface area contributed by atoms with Gasteiger partial charge in [-0.25, -0.2) is 0 Å². The first-order chi connectivity index (χ1) is 10.8. The first-order valence-electron chi connectivity index (χ1n) is 8.47. The van der Waals surface area contributed by atoms with Crippen molar-refractivity contribution in [3.8, 4) is 0 Å². The van der Waals surface area contributed by atoms with Gasteiger partial charge in [0.15, 0.2) is 0 Å². The van der Waals surface area contributed by atoms with Crippen molar-refractivity contribution < 1.29 is 9.53 Å². The zero-order valence-corrected chi connectivity index (χ0v) is 13.0. The van der Waals surface area contributed by atoms with Crippen molar-refractivity contribution in [2.45, 2.75) is 37.6 Å². The van der Waals surface area contributed by atoms with E-state index in [1.807, 2.05) is 4.90 Å². The summed E-state index contributed by atoms with van der Waals surface area (Å²) in [6, 6.07) is 0.552. The van der Waals surface area contributed by atoms with Crippen LogP contribution in [-0.4, -0.2) is 71.3 Å². The highest BCUT2D eigenvalue weighted by Gasteiger charge is 2.34. The van der Waals surface area contributed by atoms with Gasteiger partial charge in [-0.05, 0) is 38.8 Å². The van der Waals surface area contributed by atoms with Crippen LogP contribution in [0.4, 0.5) is 0 Å². The monoisotopic (exact) mass is 304 g/mol. The Morgan fingerprint density at radius 2 is 2.14 bits per heavy atom. The molecular formula is C16H24N4O2. The maximum Gasteiger partial charge on any atom is 0.257 e. The fourth-order valence-electron chi connectivity index (χ4n) is 4.04. The van der Waals surface area contributed by atoms with Crippen LogP contribution >= 0.6 is 0 Å². The standard InChI is InChI=1S/C16H24N4O2/c21-16(14-9-17-18-15(14)12-4-8-22-11-12)20-7-3-13(10-20)19-5-1-2-6-19/h9,12-13H,1-8,10-11H2,(H,17,18)/t12-,13+/m0/s1. The van der Waals surface area contributed by atoms with E-state index in [0.717, 1.165) is 43.8 Å². The van der Waals surface area contributed by atoms with Crippen molar-refractivity contribution in [1.82, 2.24) is 20.0 Å². The first kappa shape index (κ1) is 14.2. The highest BCUT2D eigenvalue weighted by molar-refractivity contribution is 5.95. The van der Waals surface area contributed by atoms with Gasteiger partial charge in [0.1, 0.15) is 0 Å². The van der Waals surface area contributed by atoms with Crippen molar-refractivity contribution >= 4 is 5.91 Å². The number of carbonyl (C=O) groups excluding carboxylic acids is 1. The Balaban J connectivity index is 1.45. The third kappa shape index (κ3) is 2.54. The number of nitrogens with one attached hydrogen (secondary N) is 1. The molecule has 6 nitrogen and oxygen atoms in total. The average Bonchev–Trinajstić information content (AvgIpc) is 3.35. The van der Waals surface area contributed by atoms with Crippen molar-refractivity contribution in [3.63, 3.8) is 0 Å². The molecule has 0 saturated carbocycles. The second-order valence-corrected chi connectivity index (χ2v) is 6.69. The molecule has 3 fully saturated rings. The van der Waals surface area contributed by atoms with E-state index in [0.29, 0.717) is 18.6 Å². The van der Waals surface area contributed by atoms with Gasteiger partial charge in [0.25, 0.3) is 5.91 Å². The van der Waals surface area contributed by atoms with Gasteiger partial charge in [0.05, 0.1) is 24.1 Å². The van der Waals surface area contributed by atoms with Gasteiger partial charge in [-0.15, -0.1) is 0 Å². The molecule has 1 amide bonds. The van der Waals surface area contributed by atoms with Gasteiger partial charge >= 0.3 is 0 Å². The molecule has 6 heteroatoms. The Kier molecular flexibility index (Phi) is 3.88. The number of ether oxygens (including phenoxy) is 1. The molecule has 1 aromatic heterocycles. The molecular weight excluding hydrogens is 280 g/mol. The van der Waals surface area contributed by atoms with Crippen LogP contribution in [0.3, 0.4) is 0 Å². The Morgan fingerprint density at radius 1 is 1.27 bits per heavy atom. The fraction of sp³-hybridized carbons (Fsp3) is 0.750. The number of aromatic amines is 1. The second-order valence-electron chi connectivity index (χ2n) is 6.69. The second kappa shape index (κ2) is 6.01. The quantitative estimate of drug-likeness (QED) is 0.912. The summed E-state index contributed by atoms with van der Waals surface area (Å²) < 4.78 is 5.45. The molecule has 1 N–H and O–H groups in total. The van der Waals surface area contributed by atoms with Gasteiger partial charge in [-0.1, -0.05) is 0 Å². The smallest absolute Gasteiger partial charge is 0.257 e. The van der Waals surface area contributed by atoms with Gasteiger partial charge in [0.2, 0.25) is 0 Å². The number of nitrogens with zero attached hydrogens (tertiary/aromatic N) is 3. The molecule has 22 heavy (non-hydrogen) atoms. The average molecular weight is 304 g/mol. The maximum absolute atomic E-state index is 12.9. The summed E-state index contributed by atoms with van der Waals surface area (Å²) >= 11 is 0. The molecule has 0 unspecified atom stereocenters. The van der Waals surface area contributed by atoms with Crippen LogP contribution in [0.2, 0.25) is 0 Å². The molecule has 4 heterocycles. The lowest BCUT2D eigenvalue weighted by Gasteiger charge is -2.23. The summed E-state index contributed by atoms with van der Waals surface area (Å²) in [7, 11) is 0. The van der Waals surface area contributed by atoms with E-state index in [9.17, 15) is 4.79 Å². The van der Waals surface area contributed by atoms with E-state index in [4.69, 9.17) is 4.74 Å². The van der Waals surface area contributed by atoms with Gasteiger partial charge in [-0.3, -0.25) is 14.8 Å². The zero-order chi connectivity index (χ0) is 14.9. The summed E-state index contributed by atoms with van der Waals surface area (Å²) in [5.41, 5.74) is 1.71. The van der Waals surface area contributed by atoms with E-state index in [1.165, 1.54) is 25.9 Å². The van der Waals surface area contributed by atoms with E-state index in [2.05, 4.69) is 15.1 Å². The molecule has 0 bridgehead atoms. The van der Waals surface area contributed by atoms with E-state index in [1.54, 1.807) is 6.20 Å². The molecule has 0 radical (unpaired) electrons. The van der Waals surface area contributed by atoms with Gasteiger partial charge in [0, 0.05) is 31.7 Å². The van der Waals surface area contributed by atoms with Crippen LogP contribution in [0.15, 0.2) is 6.20 Å². The number of hydrogen-bond donors (Lipinski definition) is 1. The van der Waals surface area contributed by atoms with Gasteiger partial charge in [-0.2, -0.15) is 5.10 Å². The van der Waals surface area contributed by atoms with Crippen molar-refractivity contribution in [1.29, 1.82) is 0 Å².